The van der Waals surface area contributed by atoms with E-state index in [0.29, 0.717) is 5.92 Å². The summed E-state index contributed by atoms with van der Waals surface area (Å²) in [5.41, 5.74) is 1.16. The Kier molecular flexibility index (Phi) is 6.05. The van der Waals surface area contributed by atoms with E-state index in [1.54, 1.807) is 0 Å². The maximum absolute atomic E-state index is 4.48. The van der Waals surface area contributed by atoms with Gasteiger partial charge in [0, 0.05) is 25.3 Å². The SMILES string of the molecule is CC(C)CNCc1cn(CCC2CCCCN2C)cn1. The molecular weight excluding hydrogens is 248 g/mol. The Balaban J connectivity index is 1.72. The van der Waals surface area contributed by atoms with Crippen molar-refractivity contribution in [3.63, 3.8) is 0 Å². The molecule has 20 heavy (non-hydrogen) atoms. The van der Waals surface area contributed by atoms with Gasteiger partial charge in [-0.15, -0.1) is 0 Å². The molecule has 1 atom stereocenters. The molecule has 0 radical (unpaired) electrons. The molecule has 1 N–H and O–H groups in total. The predicted molar refractivity (Wildman–Crippen MR) is 83.7 cm³/mol. The van der Waals surface area contributed by atoms with E-state index in [1.165, 1.54) is 32.2 Å². The molecule has 0 amide bonds. The molecule has 2 rings (SSSR count). The summed E-state index contributed by atoms with van der Waals surface area (Å²) >= 11 is 0. The van der Waals surface area contributed by atoms with Gasteiger partial charge in [-0.05, 0) is 45.3 Å². The average molecular weight is 278 g/mol. The second kappa shape index (κ2) is 7.79. The Hall–Kier alpha value is -0.870. The van der Waals surface area contributed by atoms with Crippen LogP contribution in [-0.2, 0) is 13.1 Å². The van der Waals surface area contributed by atoms with E-state index in [2.05, 4.69) is 46.9 Å². The summed E-state index contributed by atoms with van der Waals surface area (Å²) in [6, 6.07) is 0.758. The number of hydrogen-bond donors (Lipinski definition) is 1. The van der Waals surface area contributed by atoms with Gasteiger partial charge in [-0.3, -0.25) is 0 Å². The van der Waals surface area contributed by atoms with Crippen LogP contribution in [0.3, 0.4) is 0 Å². The van der Waals surface area contributed by atoms with Crippen LogP contribution < -0.4 is 5.32 Å². The molecule has 1 saturated heterocycles. The van der Waals surface area contributed by atoms with Crippen LogP contribution in [0.4, 0.5) is 0 Å². The number of hydrogen-bond acceptors (Lipinski definition) is 3. The summed E-state index contributed by atoms with van der Waals surface area (Å²) in [5.74, 6) is 0.693. The highest BCUT2D eigenvalue weighted by Crippen LogP contribution is 2.18. The molecule has 4 heteroatoms. The largest absolute Gasteiger partial charge is 0.337 e. The van der Waals surface area contributed by atoms with Gasteiger partial charge in [-0.25, -0.2) is 4.98 Å². The zero-order valence-electron chi connectivity index (χ0n) is 13.3. The lowest BCUT2D eigenvalue weighted by Gasteiger charge is -2.32. The van der Waals surface area contributed by atoms with Gasteiger partial charge in [0.15, 0.2) is 0 Å². The van der Waals surface area contributed by atoms with Crippen LogP contribution in [0.5, 0.6) is 0 Å². The number of likely N-dealkylation sites (tertiary alicyclic amines) is 1. The first-order chi connectivity index (χ1) is 9.65. The predicted octanol–water partition coefficient (Wildman–Crippen LogP) is 2.50. The topological polar surface area (TPSA) is 33.1 Å². The first kappa shape index (κ1) is 15.5. The van der Waals surface area contributed by atoms with Gasteiger partial charge in [0.05, 0.1) is 12.0 Å². The maximum atomic E-state index is 4.48. The van der Waals surface area contributed by atoms with Gasteiger partial charge in [0.2, 0.25) is 0 Å². The molecule has 1 unspecified atom stereocenters. The van der Waals surface area contributed by atoms with Crippen LogP contribution in [0.1, 0.15) is 45.2 Å². The molecule has 0 spiro atoms. The number of aromatic nitrogens is 2. The number of nitrogens with one attached hydrogen (secondary N) is 1. The second-order valence-corrected chi connectivity index (χ2v) is 6.55. The van der Waals surface area contributed by atoms with Crippen molar-refractivity contribution in [1.82, 2.24) is 19.8 Å². The van der Waals surface area contributed by atoms with Crippen LogP contribution in [0.2, 0.25) is 0 Å². The van der Waals surface area contributed by atoms with E-state index >= 15 is 0 Å². The summed E-state index contributed by atoms with van der Waals surface area (Å²) in [6.45, 7) is 8.75. The smallest absolute Gasteiger partial charge is 0.0949 e. The molecule has 114 valence electrons. The van der Waals surface area contributed by atoms with E-state index < -0.39 is 0 Å². The first-order valence-electron chi connectivity index (χ1n) is 8.06. The second-order valence-electron chi connectivity index (χ2n) is 6.55. The highest BCUT2D eigenvalue weighted by Gasteiger charge is 2.18. The van der Waals surface area contributed by atoms with Crippen molar-refractivity contribution >= 4 is 0 Å². The van der Waals surface area contributed by atoms with Crippen LogP contribution in [0, 0.1) is 5.92 Å². The summed E-state index contributed by atoms with van der Waals surface area (Å²) in [6.07, 6.45) is 9.53. The molecular formula is C16H30N4. The first-order valence-corrected chi connectivity index (χ1v) is 8.06. The van der Waals surface area contributed by atoms with E-state index in [0.717, 1.165) is 31.4 Å². The van der Waals surface area contributed by atoms with E-state index in [-0.39, 0.29) is 0 Å². The molecule has 2 heterocycles. The minimum atomic E-state index is 0.693. The quantitative estimate of drug-likeness (QED) is 0.832. The molecule has 1 aliphatic rings. The van der Waals surface area contributed by atoms with Gasteiger partial charge in [-0.1, -0.05) is 20.3 Å². The Morgan fingerprint density at radius 3 is 3.00 bits per heavy atom. The summed E-state index contributed by atoms with van der Waals surface area (Å²) in [7, 11) is 2.26. The van der Waals surface area contributed by atoms with Crippen molar-refractivity contribution in [3.8, 4) is 0 Å². The maximum Gasteiger partial charge on any atom is 0.0949 e. The lowest BCUT2D eigenvalue weighted by atomic mass is 10.0. The highest BCUT2D eigenvalue weighted by atomic mass is 15.1. The third kappa shape index (κ3) is 4.91. The number of rotatable bonds is 7. The molecule has 0 bridgehead atoms. The van der Waals surface area contributed by atoms with Crippen molar-refractivity contribution < 1.29 is 0 Å². The van der Waals surface area contributed by atoms with Crippen LogP contribution in [-0.4, -0.2) is 40.6 Å². The summed E-state index contributed by atoms with van der Waals surface area (Å²) in [5, 5.41) is 3.44. The van der Waals surface area contributed by atoms with Crippen molar-refractivity contribution in [1.29, 1.82) is 0 Å². The molecule has 1 aromatic heterocycles. The number of imidazole rings is 1. The molecule has 1 aliphatic heterocycles. The van der Waals surface area contributed by atoms with Crippen molar-refractivity contribution in [3.05, 3.63) is 18.2 Å². The minimum absolute atomic E-state index is 0.693. The van der Waals surface area contributed by atoms with Crippen LogP contribution >= 0.6 is 0 Å². The number of nitrogens with zero attached hydrogens (tertiary/aromatic N) is 3. The summed E-state index contributed by atoms with van der Waals surface area (Å²) < 4.78 is 2.24. The number of aryl methyl sites for hydroxylation is 1. The minimum Gasteiger partial charge on any atom is -0.337 e. The molecule has 1 fully saturated rings. The zero-order valence-corrected chi connectivity index (χ0v) is 13.3. The normalized spacial score (nSPS) is 20.7. The fourth-order valence-electron chi connectivity index (χ4n) is 2.92. The highest BCUT2D eigenvalue weighted by molar-refractivity contribution is 4.96. The molecule has 0 aromatic carbocycles. The van der Waals surface area contributed by atoms with E-state index in [9.17, 15) is 0 Å². The average Bonchev–Trinajstić information content (AvgIpc) is 2.85. The van der Waals surface area contributed by atoms with Gasteiger partial charge in [0.25, 0.3) is 0 Å². The van der Waals surface area contributed by atoms with Crippen molar-refractivity contribution in [2.45, 2.75) is 58.7 Å². The van der Waals surface area contributed by atoms with Gasteiger partial charge < -0.3 is 14.8 Å². The van der Waals surface area contributed by atoms with E-state index in [4.69, 9.17) is 0 Å². The van der Waals surface area contributed by atoms with Gasteiger partial charge in [0.1, 0.15) is 0 Å². The third-order valence-corrected chi connectivity index (χ3v) is 4.19. The number of piperidine rings is 1. The Morgan fingerprint density at radius 2 is 2.25 bits per heavy atom. The third-order valence-electron chi connectivity index (χ3n) is 4.19. The zero-order chi connectivity index (χ0) is 14.4. The van der Waals surface area contributed by atoms with Crippen molar-refractivity contribution in [2.75, 3.05) is 20.1 Å². The molecule has 1 aromatic rings. The van der Waals surface area contributed by atoms with Crippen LogP contribution in [0.15, 0.2) is 12.5 Å². The van der Waals surface area contributed by atoms with Crippen molar-refractivity contribution in [2.24, 2.45) is 5.92 Å². The molecule has 4 nitrogen and oxygen atoms in total. The summed E-state index contributed by atoms with van der Waals surface area (Å²) in [4.78, 5) is 7.00. The fraction of sp³-hybridized carbons (Fsp3) is 0.812. The molecule has 0 aliphatic carbocycles. The Bertz CT molecular complexity index is 386. The Morgan fingerprint density at radius 1 is 1.40 bits per heavy atom. The standard InChI is InChI=1S/C16H30N4/c1-14(2)10-17-11-15-12-20(13-18-15)9-7-16-6-4-5-8-19(16)3/h12-14,16-17H,4-11H2,1-3H3. The van der Waals surface area contributed by atoms with Gasteiger partial charge >= 0.3 is 0 Å². The Labute approximate surface area is 123 Å². The lowest BCUT2D eigenvalue weighted by molar-refractivity contribution is 0.171. The van der Waals surface area contributed by atoms with Crippen LogP contribution in [0.25, 0.3) is 0 Å². The lowest BCUT2D eigenvalue weighted by Crippen LogP contribution is -2.36. The monoisotopic (exact) mass is 278 g/mol. The van der Waals surface area contributed by atoms with Gasteiger partial charge in [-0.2, -0.15) is 0 Å². The molecule has 0 saturated carbocycles. The van der Waals surface area contributed by atoms with E-state index in [1.807, 2.05) is 6.33 Å². The fourth-order valence-corrected chi connectivity index (χ4v) is 2.92.